The lowest BCUT2D eigenvalue weighted by Gasteiger charge is -2.49. The summed E-state index contributed by atoms with van der Waals surface area (Å²) >= 11 is 1.85. The first-order chi connectivity index (χ1) is 9.28. The Bertz CT molecular complexity index is 401. The highest BCUT2D eigenvalue weighted by atomic mass is 32.1. The van der Waals surface area contributed by atoms with Crippen LogP contribution in [0.25, 0.3) is 0 Å². The molecule has 2 bridgehead atoms. The van der Waals surface area contributed by atoms with Gasteiger partial charge in [-0.05, 0) is 61.0 Å². The van der Waals surface area contributed by atoms with Gasteiger partial charge >= 0.3 is 0 Å². The second-order valence-electron chi connectivity index (χ2n) is 6.22. The molecular weight excluding hydrogens is 252 g/mol. The van der Waals surface area contributed by atoms with E-state index in [2.05, 4.69) is 34.8 Å². The highest BCUT2D eigenvalue weighted by molar-refractivity contribution is 7.08. The van der Waals surface area contributed by atoms with Crippen molar-refractivity contribution in [3.63, 3.8) is 0 Å². The highest BCUT2D eigenvalue weighted by Crippen LogP contribution is 2.35. The number of aryl methyl sites for hydroxylation is 1. The standard InChI is InChI=1S/C16H26N2S/c1-3-17-14-7-15-5-4-6-16(8-14)18(15)9-13-11-19-10-12(13)2/h10-11,14-17H,3-9H2,1-2H3. The Balaban J connectivity index is 1.70. The quantitative estimate of drug-likeness (QED) is 0.906. The summed E-state index contributed by atoms with van der Waals surface area (Å²) in [6, 6.07) is 2.40. The molecule has 2 aliphatic rings. The summed E-state index contributed by atoms with van der Waals surface area (Å²) in [7, 11) is 0. The van der Waals surface area contributed by atoms with E-state index in [-0.39, 0.29) is 0 Å². The molecule has 1 aromatic rings. The van der Waals surface area contributed by atoms with Crippen molar-refractivity contribution in [1.29, 1.82) is 0 Å². The SMILES string of the molecule is CCNC1CC2CCCC(C1)N2Cc1cscc1C. The molecule has 1 aromatic heterocycles. The number of fused-ring (bicyclic) bond motifs is 2. The summed E-state index contributed by atoms with van der Waals surface area (Å²) in [5, 5.41) is 8.32. The minimum absolute atomic E-state index is 0.764. The number of thiophene rings is 1. The minimum Gasteiger partial charge on any atom is -0.314 e. The third-order valence-electron chi connectivity index (χ3n) is 4.93. The molecule has 0 saturated carbocycles. The van der Waals surface area contributed by atoms with Crippen LogP contribution in [0.2, 0.25) is 0 Å². The molecule has 2 fully saturated rings. The van der Waals surface area contributed by atoms with Crippen molar-refractivity contribution in [3.05, 3.63) is 21.9 Å². The molecule has 19 heavy (non-hydrogen) atoms. The first-order valence-corrected chi connectivity index (χ1v) is 8.73. The maximum absolute atomic E-state index is 3.68. The molecule has 2 unspecified atom stereocenters. The second kappa shape index (κ2) is 5.94. The Kier molecular flexibility index (Phi) is 4.25. The Labute approximate surface area is 121 Å². The van der Waals surface area contributed by atoms with Crippen LogP contribution in [0.3, 0.4) is 0 Å². The van der Waals surface area contributed by atoms with E-state index in [4.69, 9.17) is 0 Å². The molecule has 106 valence electrons. The highest BCUT2D eigenvalue weighted by Gasteiger charge is 2.37. The average Bonchev–Trinajstić information content (AvgIpc) is 2.76. The monoisotopic (exact) mass is 278 g/mol. The van der Waals surface area contributed by atoms with Gasteiger partial charge in [-0.15, -0.1) is 0 Å². The molecule has 3 rings (SSSR count). The van der Waals surface area contributed by atoms with Gasteiger partial charge in [-0.1, -0.05) is 13.3 Å². The van der Waals surface area contributed by atoms with Crippen molar-refractivity contribution >= 4 is 11.3 Å². The van der Waals surface area contributed by atoms with Crippen LogP contribution in [0.4, 0.5) is 0 Å². The molecule has 2 saturated heterocycles. The van der Waals surface area contributed by atoms with Crippen molar-refractivity contribution in [2.45, 2.75) is 70.6 Å². The molecular formula is C16H26N2S. The Morgan fingerprint density at radius 3 is 2.58 bits per heavy atom. The van der Waals surface area contributed by atoms with Crippen molar-refractivity contribution in [3.8, 4) is 0 Å². The number of hydrogen-bond acceptors (Lipinski definition) is 3. The molecule has 2 nitrogen and oxygen atoms in total. The zero-order valence-corrected chi connectivity index (χ0v) is 13.0. The van der Waals surface area contributed by atoms with Crippen LogP contribution in [0.1, 0.15) is 50.2 Å². The average molecular weight is 278 g/mol. The number of piperidine rings is 2. The summed E-state index contributed by atoms with van der Waals surface area (Å²) in [5.41, 5.74) is 3.04. The Morgan fingerprint density at radius 2 is 2.00 bits per heavy atom. The fraction of sp³-hybridized carbons (Fsp3) is 0.750. The largest absolute Gasteiger partial charge is 0.314 e. The topological polar surface area (TPSA) is 15.3 Å². The van der Waals surface area contributed by atoms with Gasteiger partial charge in [0, 0.05) is 24.7 Å². The van der Waals surface area contributed by atoms with E-state index in [1.807, 2.05) is 11.3 Å². The molecule has 0 spiro atoms. The lowest BCUT2D eigenvalue weighted by atomic mass is 9.81. The van der Waals surface area contributed by atoms with Crippen molar-refractivity contribution in [1.82, 2.24) is 10.2 Å². The van der Waals surface area contributed by atoms with Gasteiger partial charge in [-0.2, -0.15) is 11.3 Å². The third-order valence-corrected chi connectivity index (χ3v) is 5.84. The normalized spacial score (nSPS) is 31.6. The zero-order chi connectivity index (χ0) is 13.2. The van der Waals surface area contributed by atoms with Gasteiger partial charge < -0.3 is 5.32 Å². The van der Waals surface area contributed by atoms with Crippen LogP contribution in [0, 0.1) is 6.92 Å². The van der Waals surface area contributed by atoms with E-state index in [9.17, 15) is 0 Å². The van der Waals surface area contributed by atoms with Crippen molar-refractivity contribution < 1.29 is 0 Å². The van der Waals surface area contributed by atoms with E-state index in [1.54, 1.807) is 5.56 Å². The summed E-state index contributed by atoms with van der Waals surface area (Å²) in [6.07, 6.45) is 6.96. The van der Waals surface area contributed by atoms with Gasteiger partial charge in [-0.3, -0.25) is 4.90 Å². The van der Waals surface area contributed by atoms with E-state index in [1.165, 1.54) is 44.2 Å². The smallest absolute Gasteiger partial charge is 0.0250 e. The van der Waals surface area contributed by atoms with Crippen LogP contribution in [0.5, 0.6) is 0 Å². The summed E-state index contributed by atoms with van der Waals surface area (Å²) < 4.78 is 0. The van der Waals surface area contributed by atoms with E-state index in [0.29, 0.717) is 0 Å². The summed E-state index contributed by atoms with van der Waals surface area (Å²) in [5.74, 6) is 0. The van der Waals surface area contributed by atoms with Gasteiger partial charge in [0.1, 0.15) is 0 Å². The fourth-order valence-corrected chi connectivity index (χ4v) is 4.79. The van der Waals surface area contributed by atoms with Gasteiger partial charge in [0.25, 0.3) is 0 Å². The maximum Gasteiger partial charge on any atom is 0.0250 e. The molecule has 1 N–H and O–H groups in total. The van der Waals surface area contributed by atoms with Crippen LogP contribution in [-0.4, -0.2) is 29.6 Å². The number of hydrogen-bond donors (Lipinski definition) is 1. The van der Waals surface area contributed by atoms with Crippen LogP contribution >= 0.6 is 11.3 Å². The molecule has 2 atom stereocenters. The van der Waals surface area contributed by atoms with E-state index in [0.717, 1.165) is 24.7 Å². The van der Waals surface area contributed by atoms with E-state index < -0.39 is 0 Å². The van der Waals surface area contributed by atoms with Gasteiger partial charge in [0.15, 0.2) is 0 Å². The fourth-order valence-electron chi connectivity index (χ4n) is 3.94. The lowest BCUT2D eigenvalue weighted by Crippen LogP contribution is -2.55. The minimum atomic E-state index is 0.764. The van der Waals surface area contributed by atoms with Crippen LogP contribution in [0.15, 0.2) is 10.8 Å². The Hall–Kier alpha value is -0.380. The van der Waals surface area contributed by atoms with Crippen LogP contribution in [-0.2, 0) is 6.54 Å². The third kappa shape index (κ3) is 2.88. The molecule has 0 aromatic carbocycles. The van der Waals surface area contributed by atoms with E-state index >= 15 is 0 Å². The number of nitrogens with one attached hydrogen (secondary N) is 1. The van der Waals surface area contributed by atoms with Crippen molar-refractivity contribution in [2.75, 3.05) is 6.54 Å². The van der Waals surface area contributed by atoms with Gasteiger partial charge in [0.2, 0.25) is 0 Å². The molecule has 0 amide bonds. The number of nitrogens with zero attached hydrogens (tertiary/aromatic N) is 1. The first-order valence-electron chi connectivity index (χ1n) is 7.78. The molecule has 0 aliphatic carbocycles. The van der Waals surface area contributed by atoms with Crippen LogP contribution < -0.4 is 5.32 Å². The summed E-state index contributed by atoms with van der Waals surface area (Å²) in [6.45, 7) is 6.79. The molecule has 0 radical (unpaired) electrons. The molecule has 2 aliphatic heterocycles. The predicted octanol–water partition coefficient (Wildman–Crippen LogP) is 3.55. The van der Waals surface area contributed by atoms with Crippen molar-refractivity contribution in [2.24, 2.45) is 0 Å². The second-order valence-corrected chi connectivity index (χ2v) is 6.96. The van der Waals surface area contributed by atoms with Gasteiger partial charge in [0.05, 0.1) is 0 Å². The Morgan fingerprint density at radius 1 is 1.26 bits per heavy atom. The molecule has 3 heteroatoms. The van der Waals surface area contributed by atoms with Gasteiger partial charge in [-0.25, -0.2) is 0 Å². The predicted molar refractivity (Wildman–Crippen MR) is 82.7 cm³/mol. The maximum atomic E-state index is 3.68. The molecule has 3 heterocycles. The lowest BCUT2D eigenvalue weighted by molar-refractivity contribution is 0.0180. The zero-order valence-electron chi connectivity index (χ0n) is 12.2. The summed E-state index contributed by atoms with van der Waals surface area (Å²) in [4.78, 5) is 2.81. The first kappa shape index (κ1) is 13.6. The number of rotatable bonds is 4.